The Hall–Kier alpha value is -0.170. The minimum absolute atomic E-state index is 0.0441. The highest BCUT2D eigenvalue weighted by molar-refractivity contribution is 14.1. The fraction of sp³-hybridized carbons (Fsp3) is 0.167. The van der Waals surface area contributed by atoms with Crippen LogP contribution in [-0.2, 0) is 0 Å². The number of aromatic hydroxyl groups is 1. The largest absolute Gasteiger partial charge is 0.504 e. The van der Waals surface area contributed by atoms with Crippen molar-refractivity contribution in [1.29, 1.82) is 0 Å². The van der Waals surface area contributed by atoms with Crippen LogP contribution in [-0.4, -0.2) is 10.1 Å². The summed E-state index contributed by atoms with van der Waals surface area (Å²) in [5, 5.41) is 8.94. The van der Waals surface area contributed by atoms with E-state index in [0.717, 1.165) is 6.20 Å². The first-order valence-electron chi connectivity index (χ1n) is 2.85. The summed E-state index contributed by atoms with van der Waals surface area (Å²) < 4.78 is 24.3. The topological polar surface area (TPSA) is 33.1 Å². The molecule has 0 atom stereocenters. The van der Waals surface area contributed by atoms with Crippen molar-refractivity contribution in [3.63, 3.8) is 0 Å². The first-order valence-corrected chi connectivity index (χ1v) is 4.30. The summed E-state index contributed by atoms with van der Waals surface area (Å²) in [6.45, 7) is 0. The molecule has 0 spiro atoms. The van der Waals surface area contributed by atoms with Gasteiger partial charge in [0.25, 0.3) is 6.43 Å². The fourth-order valence-corrected chi connectivity index (χ4v) is 1.56. The fourth-order valence-electron chi connectivity index (χ4n) is 0.623. The van der Waals surface area contributed by atoms with Gasteiger partial charge in [-0.25, -0.2) is 13.8 Å². The highest BCUT2D eigenvalue weighted by atomic mass is 127. The van der Waals surface area contributed by atoms with E-state index in [0.29, 0.717) is 0 Å². The molecule has 12 heavy (non-hydrogen) atoms. The van der Waals surface area contributed by atoms with Crippen LogP contribution in [0.3, 0.4) is 0 Å². The van der Waals surface area contributed by atoms with Crippen molar-refractivity contribution in [3.8, 4) is 5.75 Å². The zero-order chi connectivity index (χ0) is 9.30. The standard InChI is InChI=1S/C6H3ClF2INO/c7-5-4(12)3(10)2(1-11-5)6(8)9/h1,6,12H. The van der Waals surface area contributed by atoms with Gasteiger partial charge in [-0.2, -0.15) is 0 Å². The molecule has 66 valence electrons. The van der Waals surface area contributed by atoms with E-state index in [2.05, 4.69) is 4.98 Å². The summed E-state index contributed by atoms with van der Waals surface area (Å²) >= 11 is 6.97. The van der Waals surface area contributed by atoms with Gasteiger partial charge in [-0.05, 0) is 22.6 Å². The van der Waals surface area contributed by atoms with Gasteiger partial charge in [0.2, 0.25) is 0 Å². The van der Waals surface area contributed by atoms with Crippen molar-refractivity contribution in [3.05, 3.63) is 20.5 Å². The monoisotopic (exact) mass is 305 g/mol. The number of aromatic nitrogens is 1. The van der Waals surface area contributed by atoms with Crippen molar-refractivity contribution in [1.82, 2.24) is 4.98 Å². The summed E-state index contributed by atoms with van der Waals surface area (Å²) in [5.41, 5.74) is -0.308. The number of halogens is 4. The predicted molar refractivity (Wildman–Crippen MR) is 48.6 cm³/mol. The maximum absolute atomic E-state index is 12.1. The smallest absolute Gasteiger partial charge is 0.266 e. The SMILES string of the molecule is Oc1c(Cl)ncc(C(F)F)c1I. The Morgan fingerprint density at radius 1 is 1.58 bits per heavy atom. The second-order valence-electron chi connectivity index (χ2n) is 1.97. The Bertz CT molecular complexity index is 308. The van der Waals surface area contributed by atoms with Gasteiger partial charge >= 0.3 is 0 Å². The van der Waals surface area contributed by atoms with Gasteiger partial charge in [0.05, 0.1) is 9.13 Å². The molecule has 0 fully saturated rings. The van der Waals surface area contributed by atoms with Crippen molar-refractivity contribution in [2.75, 3.05) is 0 Å². The first-order chi connectivity index (χ1) is 5.54. The highest BCUT2D eigenvalue weighted by Crippen LogP contribution is 2.33. The van der Waals surface area contributed by atoms with Gasteiger partial charge in [-0.1, -0.05) is 11.6 Å². The molecule has 0 aromatic carbocycles. The van der Waals surface area contributed by atoms with Gasteiger partial charge in [-0.3, -0.25) is 0 Å². The lowest BCUT2D eigenvalue weighted by Crippen LogP contribution is -1.92. The van der Waals surface area contributed by atoms with E-state index < -0.39 is 12.2 Å². The van der Waals surface area contributed by atoms with Gasteiger partial charge in [0, 0.05) is 6.20 Å². The van der Waals surface area contributed by atoms with Crippen LogP contribution in [0.5, 0.6) is 5.75 Å². The number of hydrogen-bond donors (Lipinski definition) is 1. The molecule has 0 aliphatic rings. The van der Waals surface area contributed by atoms with Crippen LogP contribution < -0.4 is 0 Å². The Balaban J connectivity index is 3.27. The number of hydrogen-bond acceptors (Lipinski definition) is 2. The zero-order valence-corrected chi connectivity index (χ0v) is 8.47. The summed E-state index contributed by atoms with van der Waals surface area (Å²) in [5.74, 6) is -0.393. The van der Waals surface area contributed by atoms with E-state index in [-0.39, 0.29) is 14.3 Å². The Labute approximate surface area is 85.7 Å². The molecule has 0 saturated heterocycles. The summed E-state index contributed by atoms with van der Waals surface area (Å²) in [6, 6.07) is 0. The van der Waals surface area contributed by atoms with Gasteiger partial charge in [0.1, 0.15) is 0 Å². The lowest BCUT2D eigenvalue weighted by Gasteiger charge is -2.04. The summed E-state index contributed by atoms with van der Waals surface area (Å²) in [7, 11) is 0. The third-order valence-corrected chi connectivity index (χ3v) is 2.62. The molecule has 0 radical (unpaired) electrons. The van der Waals surface area contributed by atoms with Crippen molar-refractivity contribution in [2.24, 2.45) is 0 Å². The van der Waals surface area contributed by atoms with E-state index in [1.54, 1.807) is 22.6 Å². The lowest BCUT2D eigenvalue weighted by molar-refractivity contribution is 0.149. The molecule has 1 rings (SSSR count). The minimum atomic E-state index is -2.65. The molecule has 1 heterocycles. The predicted octanol–water partition coefficient (Wildman–Crippen LogP) is 2.98. The molecule has 2 nitrogen and oxygen atoms in total. The lowest BCUT2D eigenvalue weighted by atomic mass is 10.3. The van der Waals surface area contributed by atoms with Gasteiger partial charge < -0.3 is 5.11 Å². The molecule has 0 unspecified atom stereocenters. The Morgan fingerprint density at radius 2 is 2.17 bits per heavy atom. The number of pyridine rings is 1. The molecule has 0 aliphatic carbocycles. The van der Waals surface area contributed by atoms with Crippen LogP contribution in [0.15, 0.2) is 6.20 Å². The second kappa shape index (κ2) is 3.69. The number of nitrogens with zero attached hydrogens (tertiary/aromatic N) is 1. The second-order valence-corrected chi connectivity index (χ2v) is 3.40. The number of rotatable bonds is 1. The van der Waals surface area contributed by atoms with Crippen LogP contribution in [0.2, 0.25) is 5.15 Å². The van der Waals surface area contributed by atoms with Crippen molar-refractivity contribution < 1.29 is 13.9 Å². The van der Waals surface area contributed by atoms with Crippen LogP contribution in [0.4, 0.5) is 8.78 Å². The quantitative estimate of drug-likeness (QED) is 0.639. The van der Waals surface area contributed by atoms with E-state index in [9.17, 15) is 8.78 Å². The van der Waals surface area contributed by atoms with Crippen LogP contribution in [0, 0.1) is 3.57 Å². The molecule has 1 aromatic rings. The van der Waals surface area contributed by atoms with E-state index in [4.69, 9.17) is 16.7 Å². The number of alkyl halides is 2. The molecule has 0 bridgehead atoms. The van der Waals surface area contributed by atoms with E-state index in [1.165, 1.54) is 0 Å². The van der Waals surface area contributed by atoms with Crippen LogP contribution in [0.1, 0.15) is 12.0 Å². The van der Waals surface area contributed by atoms with Crippen molar-refractivity contribution >= 4 is 34.2 Å². The average Bonchev–Trinajstić information content (AvgIpc) is 2.00. The maximum atomic E-state index is 12.1. The highest BCUT2D eigenvalue weighted by Gasteiger charge is 2.16. The molecular formula is C6H3ClF2INO. The first kappa shape index (κ1) is 9.91. The molecular weight excluding hydrogens is 302 g/mol. The van der Waals surface area contributed by atoms with E-state index >= 15 is 0 Å². The Morgan fingerprint density at radius 3 is 2.67 bits per heavy atom. The van der Waals surface area contributed by atoms with Gasteiger partial charge in [-0.15, -0.1) is 0 Å². The summed E-state index contributed by atoms with van der Waals surface area (Å²) in [4.78, 5) is 3.39. The summed E-state index contributed by atoms with van der Waals surface area (Å²) in [6.07, 6.45) is -1.69. The molecule has 1 aromatic heterocycles. The average molecular weight is 305 g/mol. The molecule has 0 amide bonds. The van der Waals surface area contributed by atoms with Crippen LogP contribution in [0.25, 0.3) is 0 Å². The van der Waals surface area contributed by atoms with Gasteiger partial charge in [0.15, 0.2) is 10.9 Å². The maximum Gasteiger partial charge on any atom is 0.266 e. The zero-order valence-electron chi connectivity index (χ0n) is 5.56. The normalized spacial score (nSPS) is 10.8. The van der Waals surface area contributed by atoms with Crippen LogP contribution >= 0.6 is 34.2 Å². The Kier molecular flexibility index (Phi) is 3.05. The third-order valence-electron chi connectivity index (χ3n) is 1.21. The van der Waals surface area contributed by atoms with Crippen molar-refractivity contribution in [2.45, 2.75) is 6.43 Å². The molecule has 1 N–H and O–H groups in total. The molecule has 0 aliphatic heterocycles. The third kappa shape index (κ3) is 1.77. The molecule has 6 heteroatoms. The minimum Gasteiger partial charge on any atom is -0.504 e. The molecule has 0 saturated carbocycles. The van der Waals surface area contributed by atoms with E-state index in [1.807, 2.05) is 0 Å².